The number of hydrogen-bond donors (Lipinski definition) is 5. The molecule has 0 saturated carbocycles. The molecule has 2 aliphatic heterocycles. The van der Waals surface area contributed by atoms with Crippen LogP contribution in [0.3, 0.4) is 0 Å². The average Bonchev–Trinajstić information content (AvgIpc) is 4.02. The van der Waals surface area contributed by atoms with Crippen LogP contribution >= 0.6 is 15.0 Å². The van der Waals surface area contributed by atoms with E-state index in [0.717, 1.165) is 28.1 Å². The summed E-state index contributed by atoms with van der Waals surface area (Å²) in [6.07, 6.45) is -11.1. The Bertz CT molecular complexity index is 2620. The van der Waals surface area contributed by atoms with E-state index in [-0.39, 0.29) is 47.1 Å². The van der Waals surface area contributed by atoms with Crippen molar-refractivity contribution in [3.05, 3.63) is 65.2 Å². The third-order valence-electron chi connectivity index (χ3n) is 9.36. The molecule has 0 bridgehead atoms. The second-order valence-electron chi connectivity index (χ2n) is 13.8. The third kappa shape index (κ3) is 9.58. The molecule has 0 radical (unpaired) electrons. The zero-order valence-corrected chi connectivity index (χ0v) is 34.9. The molecule has 7 rings (SSSR count). The topological polar surface area (TPSA) is 302 Å². The Morgan fingerprint density at radius 1 is 1.03 bits per heavy atom. The Balaban J connectivity index is 1.12. The normalized spacial score (nSPS) is 24.9. The van der Waals surface area contributed by atoms with Gasteiger partial charge in [0.25, 0.3) is 11.5 Å². The molecule has 2 fully saturated rings. The summed E-state index contributed by atoms with van der Waals surface area (Å²) in [6.45, 7) is -3.39. The van der Waals surface area contributed by atoms with Crippen LogP contribution in [0.2, 0.25) is 0 Å². The van der Waals surface area contributed by atoms with Crippen molar-refractivity contribution in [2.75, 3.05) is 30.5 Å². The standard InChI is InChI=1S/C34H35F2N11O12P2S/c1-16(2)29(49)44-34-43-28-23(31(51)45-34)41-15-47(28)33-25(20(35)18(11-48)56-33)59-61(53,62)55-12-19-24(58-60(52)54-10-6-9-37)21(36)32(57-19)46-14-40-22-26(38-13-39-27(22)46)42-30(50)17-7-4-3-5-8-17/h3-5,7-8,13-16,18-21,24-25,32-33,48H,6,10-12H2,1-2H3,(H3-,38,39,42,43,44,45,49,50,51,53,62)/p+1/t18-,19-,20-,21+,24-,25-,32-,33-,61?/m1/s1. The number of nitrogens with one attached hydrogen (secondary N) is 3. The summed E-state index contributed by atoms with van der Waals surface area (Å²) < 4.78 is 80.7. The van der Waals surface area contributed by atoms with Gasteiger partial charge in [-0.1, -0.05) is 32.0 Å². The van der Waals surface area contributed by atoms with Crippen LogP contribution in [0, 0.1) is 17.2 Å². The minimum atomic E-state index is -4.61. The van der Waals surface area contributed by atoms with Gasteiger partial charge in [-0.05, 0) is 23.9 Å². The van der Waals surface area contributed by atoms with Crippen LogP contribution in [0.4, 0.5) is 20.5 Å². The van der Waals surface area contributed by atoms with Gasteiger partial charge in [0, 0.05) is 16.0 Å². The molecule has 62 heavy (non-hydrogen) atoms. The summed E-state index contributed by atoms with van der Waals surface area (Å²) in [5.74, 6) is -1.74. The van der Waals surface area contributed by atoms with E-state index in [0.29, 0.717) is 5.56 Å². The van der Waals surface area contributed by atoms with E-state index in [1.54, 1.807) is 50.2 Å². The quantitative estimate of drug-likeness (QED) is 0.0661. The first-order valence-corrected chi connectivity index (χ1v) is 22.2. The van der Waals surface area contributed by atoms with Gasteiger partial charge < -0.3 is 29.3 Å². The number of rotatable bonds is 17. The van der Waals surface area contributed by atoms with Crippen LogP contribution in [0.25, 0.3) is 22.3 Å². The number of halogens is 2. The van der Waals surface area contributed by atoms with Gasteiger partial charge >= 0.3 is 15.0 Å². The fourth-order valence-corrected chi connectivity index (χ4v) is 8.49. The lowest BCUT2D eigenvalue weighted by atomic mass is 10.1. The molecule has 4 aromatic heterocycles. The Labute approximate surface area is 353 Å². The lowest BCUT2D eigenvalue weighted by Crippen LogP contribution is -2.34. The number of benzene rings is 1. The van der Waals surface area contributed by atoms with Crippen LogP contribution in [-0.4, -0.2) is 117 Å². The van der Waals surface area contributed by atoms with Crippen LogP contribution in [-0.2, 0) is 48.7 Å². The monoisotopic (exact) mass is 922 g/mol. The van der Waals surface area contributed by atoms with Crippen LogP contribution in [0.5, 0.6) is 0 Å². The Morgan fingerprint density at radius 3 is 2.45 bits per heavy atom. The number of alkyl halides is 2. The number of carbonyl (C=O) groups excluding carboxylic acids is 2. The van der Waals surface area contributed by atoms with E-state index in [1.165, 1.54) is 0 Å². The predicted molar refractivity (Wildman–Crippen MR) is 212 cm³/mol. The SMILES string of the molecule is CC(C)C(=O)Nc1nc2c(ncn2[C@@H]2O[C@H](CO)[C@@H](F)[C@H]2OP(O)(=S)OC[C@H]2O[C@@H](n3cnc4c(NC(=O)c5ccccc5)ncnc43)[C@@H](F)[C@@H]2O[P+](=O)OCCC#N)c(=O)[nH]1. The number of carbonyl (C=O) groups is 2. The molecule has 328 valence electrons. The highest BCUT2D eigenvalue weighted by molar-refractivity contribution is 8.07. The summed E-state index contributed by atoms with van der Waals surface area (Å²) >= 11 is 5.24. The molecule has 28 heteroatoms. The molecule has 1 aromatic carbocycles. The van der Waals surface area contributed by atoms with Crippen molar-refractivity contribution in [2.45, 2.75) is 69.5 Å². The second kappa shape index (κ2) is 19.1. The van der Waals surface area contributed by atoms with Crippen molar-refractivity contribution in [1.82, 2.24) is 39.0 Å². The molecule has 6 heterocycles. The van der Waals surface area contributed by atoms with Crippen molar-refractivity contribution >= 4 is 72.7 Å². The highest BCUT2D eigenvalue weighted by Crippen LogP contribution is 2.51. The van der Waals surface area contributed by atoms with Crippen molar-refractivity contribution < 1.29 is 60.5 Å². The first-order valence-electron chi connectivity index (χ1n) is 18.5. The van der Waals surface area contributed by atoms with E-state index < -0.39 is 101 Å². The van der Waals surface area contributed by atoms with Gasteiger partial charge in [-0.3, -0.25) is 38.3 Å². The smallest absolute Gasteiger partial charge is 0.394 e. The van der Waals surface area contributed by atoms with E-state index >= 15 is 8.78 Å². The minimum Gasteiger partial charge on any atom is -0.394 e. The number of hydrogen-bond acceptors (Lipinski definition) is 18. The highest BCUT2D eigenvalue weighted by Gasteiger charge is 2.54. The Morgan fingerprint density at radius 2 is 1.74 bits per heavy atom. The van der Waals surface area contributed by atoms with Gasteiger partial charge in [0.05, 0.1) is 38.4 Å². The number of imidazole rings is 2. The van der Waals surface area contributed by atoms with E-state index in [2.05, 4.69) is 40.5 Å². The lowest BCUT2D eigenvalue weighted by Gasteiger charge is -2.26. The molecule has 0 spiro atoms. The number of nitriles is 1. The maximum Gasteiger partial charge on any atom is 0.697 e. The number of fused-ring (bicyclic) bond motifs is 2. The number of H-pyrrole nitrogens is 1. The Kier molecular flexibility index (Phi) is 13.8. The number of amides is 2. The van der Waals surface area contributed by atoms with Crippen molar-refractivity contribution in [2.24, 2.45) is 5.92 Å². The molecule has 5 N–H and O–H groups in total. The van der Waals surface area contributed by atoms with Gasteiger partial charge in [0.1, 0.15) is 31.2 Å². The number of ether oxygens (including phenoxy) is 2. The summed E-state index contributed by atoms with van der Waals surface area (Å²) in [6, 6.07) is 10.0. The van der Waals surface area contributed by atoms with Crippen molar-refractivity contribution in [3.8, 4) is 6.07 Å². The second-order valence-corrected chi connectivity index (χ2v) is 17.5. The molecule has 23 nitrogen and oxygen atoms in total. The molecule has 2 aliphatic rings. The number of aromatic nitrogens is 8. The number of aliphatic hydroxyl groups is 1. The van der Waals surface area contributed by atoms with Crippen molar-refractivity contribution in [1.29, 1.82) is 5.26 Å². The molecule has 10 atom stereocenters. The predicted octanol–water partition coefficient (Wildman–Crippen LogP) is 2.86. The summed E-state index contributed by atoms with van der Waals surface area (Å²) in [7, 11) is -3.06. The van der Waals surface area contributed by atoms with Crippen LogP contribution in [0.15, 0.2) is 54.1 Å². The zero-order chi connectivity index (χ0) is 44.3. The van der Waals surface area contributed by atoms with Crippen LogP contribution < -0.4 is 16.2 Å². The molecule has 2 amide bonds. The Hall–Kier alpha value is -5.16. The van der Waals surface area contributed by atoms with Gasteiger partial charge in [-0.15, -0.1) is 9.05 Å². The molecular formula is C34H36F2N11O12P2S+. The molecule has 2 unspecified atom stereocenters. The van der Waals surface area contributed by atoms with Crippen molar-refractivity contribution in [3.63, 3.8) is 0 Å². The number of nitrogens with zero attached hydrogens (tertiary/aromatic N) is 8. The molecule has 2 saturated heterocycles. The number of aliphatic hydroxyl groups excluding tert-OH is 1. The number of anilines is 2. The molecule has 5 aromatic rings. The van der Waals surface area contributed by atoms with Gasteiger partial charge in [-0.25, -0.2) is 28.7 Å². The van der Waals surface area contributed by atoms with E-state index in [9.17, 15) is 28.9 Å². The maximum absolute atomic E-state index is 16.5. The molecule has 0 aliphatic carbocycles. The van der Waals surface area contributed by atoms with Gasteiger partial charge in [0.15, 0.2) is 59.0 Å². The fraction of sp³-hybridized carbons (Fsp3) is 0.441. The third-order valence-corrected chi connectivity index (χ3v) is 11.7. The largest absolute Gasteiger partial charge is 0.697 e. The zero-order valence-electron chi connectivity index (χ0n) is 32.3. The highest BCUT2D eigenvalue weighted by atomic mass is 32.5. The van der Waals surface area contributed by atoms with Gasteiger partial charge in [-0.2, -0.15) is 10.2 Å². The van der Waals surface area contributed by atoms with Crippen LogP contribution in [0.1, 0.15) is 43.1 Å². The lowest BCUT2D eigenvalue weighted by molar-refractivity contribution is -0.118. The minimum absolute atomic E-state index is 0.000717. The summed E-state index contributed by atoms with van der Waals surface area (Å²) in [5, 5.41) is 23.8. The number of aromatic amines is 1. The van der Waals surface area contributed by atoms with E-state index in [4.69, 9.17) is 44.6 Å². The first-order chi connectivity index (χ1) is 29.7. The summed E-state index contributed by atoms with van der Waals surface area (Å²) in [4.78, 5) is 72.5. The van der Waals surface area contributed by atoms with Gasteiger partial charge in [0.2, 0.25) is 11.9 Å². The average molecular weight is 923 g/mol. The summed E-state index contributed by atoms with van der Waals surface area (Å²) in [5.41, 5.74) is -0.834. The fourth-order valence-electron chi connectivity index (χ4n) is 6.34. The molecular weight excluding hydrogens is 886 g/mol. The maximum atomic E-state index is 16.5. The first kappa shape index (κ1) is 44.9. The van der Waals surface area contributed by atoms with E-state index in [1.807, 2.05) is 0 Å².